The zero-order chi connectivity index (χ0) is 21.3. The molecule has 2 aromatic heterocycles. The number of hydrogen-bond acceptors (Lipinski definition) is 4. The second-order valence-electron chi connectivity index (χ2n) is 7.16. The minimum atomic E-state index is -0.195. The number of anilines is 2. The number of carbonyl (C=O) groups is 2. The van der Waals surface area contributed by atoms with E-state index in [1.807, 2.05) is 31.2 Å². The fraction of sp³-hybridized carbons (Fsp3) is 0.182. The number of amides is 2. The summed E-state index contributed by atoms with van der Waals surface area (Å²) in [7, 11) is 0. The van der Waals surface area contributed by atoms with Crippen LogP contribution in [0.3, 0.4) is 0 Å². The number of halogens is 2. The van der Waals surface area contributed by atoms with Gasteiger partial charge in [-0.15, -0.1) is 0 Å². The zero-order valence-corrected chi connectivity index (χ0v) is 17.6. The first-order chi connectivity index (χ1) is 14.4. The number of carbonyl (C=O) groups excluding carboxylic acids is 2. The Hall–Kier alpha value is -2.96. The SMILES string of the molecule is CC1CN(C(=O)c2ccnc(Cl)c2)c2ccccc2N(C(=O)c2ccnc(Cl)c2)C1. The predicted octanol–water partition coefficient (Wildman–Crippen LogP) is 4.73. The Balaban J connectivity index is 1.77. The Kier molecular flexibility index (Phi) is 5.70. The van der Waals surface area contributed by atoms with E-state index in [1.165, 1.54) is 12.4 Å². The summed E-state index contributed by atoms with van der Waals surface area (Å²) in [5.74, 6) is -0.361. The minimum absolute atomic E-state index is 0.0277. The molecule has 0 atom stereocenters. The van der Waals surface area contributed by atoms with Crippen molar-refractivity contribution in [2.75, 3.05) is 22.9 Å². The molecule has 0 saturated carbocycles. The van der Waals surface area contributed by atoms with Gasteiger partial charge in [0.05, 0.1) is 11.4 Å². The van der Waals surface area contributed by atoms with Crippen molar-refractivity contribution < 1.29 is 9.59 Å². The molecule has 0 unspecified atom stereocenters. The van der Waals surface area contributed by atoms with Gasteiger partial charge in [-0.1, -0.05) is 42.3 Å². The topological polar surface area (TPSA) is 66.4 Å². The van der Waals surface area contributed by atoms with E-state index in [0.717, 1.165) is 0 Å². The summed E-state index contributed by atoms with van der Waals surface area (Å²) in [6.07, 6.45) is 3.01. The average molecular weight is 441 g/mol. The highest BCUT2D eigenvalue weighted by Gasteiger charge is 2.31. The van der Waals surface area contributed by atoms with Crippen molar-refractivity contribution in [3.8, 4) is 0 Å². The molecule has 6 nitrogen and oxygen atoms in total. The van der Waals surface area contributed by atoms with Crippen LogP contribution in [0.2, 0.25) is 10.3 Å². The highest BCUT2D eigenvalue weighted by atomic mass is 35.5. The van der Waals surface area contributed by atoms with Crippen LogP contribution in [0, 0.1) is 5.92 Å². The molecule has 2 amide bonds. The number of rotatable bonds is 2. The summed E-state index contributed by atoms with van der Waals surface area (Å²) in [5.41, 5.74) is 2.21. The third-order valence-electron chi connectivity index (χ3n) is 4.89. The Morgan fingerprint density at radius 2 is 1.27 bits per heavy atom. The standard InChI is InChI=1S/C22H18Cl2N4O2/c1-14-12-27(21(29)15-6-8-25-19(23)10-15)17-4-2-3-5-18(17)28(13-14)22(30)16-7-9-26-20(24)11-16/h2-11,14H,12-13H2,1H3. The lowest BCUT2D eigenvalue weighted by atomic mass is 10.1. The van der Waals surface area contributed by atoms with Crippen LogP contribution in [-0.2, 0) is 0 Å². The van der Waals surface area contributed by atoms with Crippen molar-refractivity contribution in [1.82, 2.24) is 9.97 Å². The van der Waals surface area contributed by atoms with E-state index in [-0.39, 0.29) is 28.0 Å². The van der Waals surface area contributed by atoms with Gasteiger partial charge in [-0.25, -0.2) is 9.97 Å². The molecular formula is C22H18Cl2N4O2. The molecule has 1 aromatic carbocycles. The quantitative estimate of drug-likeness (QED) is 0.540. The van der Waals surface area contributed by atoms with Gasteiger partial charge < -0.3 is 9.80 Å². The van der Waals surface area contributed by atoms with Crippen molar-refractivity contribution in [1.29, 1.82) is 0 Å². The second kappa shape index (κ2) is 8.42. The molecule has 0 aliphatic carbocycles. The van der Waals surface area contributed by atoms with E-state index in [2.05, 4.69) is 9.97 Å². The first-order valence-electron chi connectivity index (χ1n) is 9.40. The van der Waals surface area contributed by atoms with E-state index in [4.69, 9.17) is 23.2 Å². The summed E-state index contributed by atoms with van der Waals surface area (Å²) in [6.45, 7) is 2.92. The molecule has 0 fully saturated rings. The summed E-state index contributed by atoms with van der Waals surface area (Å²) >= 11 is 12.0. The van der Waals surface area contributed by atoms with Crippen molar-refractivity contribution in [3.63, 3.8) is 0 Å². The van der Waals surface area contributed by atoms with Gasteiger partial charge in [0, 0.05) is 36.6 Å². The van der Waals surface area contributed by atoms with Gasteiger partial charge in [-0.05, 0) is 42.3 Å². The van der Waals surface area contributed by atoms with Crippen molar-refractivity contribution >= 4 is 46.4 Å². The lowest BCUT2D eigenvalue weighted by Gasteiger charge is -2.25. The van der Waals surface area contributed by atoms with E-state index >= 15 is 0 Å². The molecule has 0 N–H and O–H groups in total. The number of para-hydroxylation sites is 2. The summed E-state index contributed by atoms with van der Waals surface area (Å²) in [4.78, 5) is 37.9. The lowest BCUT2D eigenvalue weighted by molar-refractivity contribution is 0.0981. The van der Waals surface area contributed by atoms with Crippen LogP contribution in [0.4, 0.5) is 11.4 Å². The van der Waals surface area contributed by atoms with Crippen LogP contribution < -0.4 is 9.80 Å². The highest BCUT2D eigenvalue weighted by molar-refractivity contribution is 6.30. The molecule has 1 aliphatic rings. The van der Waals surface area contributed by atoms with Crippen LogP contribution in [0.1, 0.15) is 27.6 Å². The van der Waals surface area contributed by atoms with Crippen molar-refractivity contribution in [2.45, 2.75) is 6.92 Å². The molecule has 30 heavy (non-hydrogen) atoms. The van der Waals surface area contributed by atoms with Gasteiger partial charge in [0.1, 0.15) is 10.3 Å². The van der Waals surface area contributed by atoms with Crippen LogP contribution in [0.15, 0.2) is 60.9 Å². The first kappa shape index (κ1) is 20.3. The molecule has 0 radical (unpaired) electrons. The number of fused-ring (bicyclic) bond motifs is 1. The number of aromatic nitrogens is 2. The van der Waals surface area contributed by atoms with Crippen molar-refractivity contribution in [3.05, 3.63) is 82.4 Å². The Morgan fingerprint density at radius 1 is 0.833 bits per heavy atom. The molecule has 1 aliphatic heterocycles. The zero-order valence-electron chi connectivity index (χ0n) is 16.1. The van der Waals surface area contributed by atoms with Gasteiger partial charge >= 0.3 is 0 Å². The third kappa shape index (κ3) is 4.01. The maximum absolute atomic E-state index is 13.3. The van der Waals surface area contributed by atoms with Gasteiger partial charge in [0.15, 0.2) is 0 Å². The first-order valence-corrected chi connectivity index (χ1v) is 10.2. The maximum atomic E-state index is 13.3. The molecule has 152 valence electrons. The van der Waals surface area contributed by atoms with Crippen LogP contribution in [0.25, 0.3) is 0 Å². The smallest absolute Gasteiger partial charge is 0.258 e. The largest absolute Gasteiger partial charge is 0.306 e. The summed E-state index contributed by atoms with van der Waals surface area (Å²) in [5, 5.41) is 0.506. The van der Waals surface area contributed by atoms with E-state index in [9.17, 15) is 9.59 Å². The van der Waals surface area contributed by atoms with E-state index in [1.54, 1.807) is 34.1 Å². The van der Waals surface area contributed by atoms with Crippen LogP contribution in [0.5, 0.6) is 0 Å². The number of hydrogen-bond donors (Lipinski definition) is 0. The second-order valence-corrected chi connectivity index (χ2v) is 7.93. The molecule has 0 saturated heterocycles. The third-order valence-corrected chi connectivity index (χ3v) is 5.30. The fourth-order valence-corrected chi connectivity index (χ4v) is 3.91. The van der Waals surface area contributed by atoms with Gasteiger partial charge in [0.2, 0.25) is 0 Å². The predicted molar refractivity (Wildman–Crippen MR) is 117 cm³/mol. The molecule has 8 heteroatoms. The van der Waals surface area contributed by atoms with Crippen LogP contribution in [-0.4, -0.2) is 34.9 Å². The molecule has 4 rings (SSSR count). The normalized spacial score (nSPS) is 14.2. The van der Waals surface area contributed by atoms with E-state index < -0.39 is 0 Å². The minimum Gasteiger partial charge on any atom is -0.306 e. The number of benzene rings is 1. The van der Waals surface area contributed by atoms with Crippen molar-refractivity contribution in [2.24, 2.45) is 5.92 Å². The molecular weight excluding hydrogens is 423 g/mol. The summed E-state index contributed by atoms with van der Waals surface area (Å²) in [6, 6.07) is 13.7. The molecule has 3 heterocycles. The highest BCUT2D eigenvalue weighted by Crippen LogP contribution is 2.35. The van der Waals surface area contributed by atoms with E-state index in [0.29, 0.717) is 35.6 Å². The van der Waals surface area contributed by atoms with Gasteiger partial charge in [0.25, 0.3) is 11.8 Å². The average Bonchev–Trinajstić information content (AvgIpc) is 2.89. The Bertz CT molecular complexity index is 1040. The molecule has 3 aromatic rings. The Morgan fingerprint density at radius 3 is 1.67 bits per heavy atom. The van der Waals surface area contributed by atoms with Gasteiger partial charge in [-0.3, -0.25) is 9.59 Å². The summed E-state index contributed by atoms with van der Waals surface area (Å²) < 4.78 is 0. The Labute approximate surface area is 184 Å². The number of pyridine rings is 2. The molecule has 0 bridgehead atoms. The lowest BCUT2D eigenvalue weighted by Crippen LogP contribution is -2.36. The molecule has 0 spiro atoms. The maximum Gasteiger partial charge on any atom is 0.258 e. The van der Waals surface area contributed by atoms with Crippen LogP contribution >= 0.6 is 23.2 Å². The fourth-order valence-electron chi connectivity index (χ4n) is 3.57. The van der Waals surface area contributed by atoms with Gasteiger partial charge in [-0.2, -0.15) is 0 Å². The number of nitrogens with zero attached hydrogens (tertiary/aromatic N) is 4. The monoisotopic (exact) mass is 440 g/mol.